The topological polar surface area (TPSA) is 38.3 Å². The zero-order chi connectivity index (χ0) is 13.7. The standard InChI is InChI=1S/C15H14FNO2/c1-2-19-14-9-8-11(10-13(14)16)15(18)17-12-6-4-3-5-7-12/h3-10H,2H2,1H3,(H,17,18). The fraction of sp³-hybridized carbons (Fsp3) is 0.133. The zero-order valence-corrected chi connectivity index (χ0v) is 10.5. The molecule has 0 aliphatic heterocycles. The van der Waals surface area contributed by atoms with Gasteiger partial charge in [-0.2, -0.15) is 0 Å². The molecule has 0 atom stereocenters. The molecule has 98 valence electrons. The fourth-order valence-corrected chi connectivity index (χ4v) is 1.64. The van der Waals surface area contributed by atoms with E-state index in [9.17, 15) is 9.18 Å². The number of carbonyl (C=O) groups excluding carboxylic acids is 1. The molecule has 0 unspecified atom stereocenters. The van der Waals surface area contributed by atoms with E-state index >= 15 is 0 Å². The van der Waals surface area contributed by atoms with Gasteiger partial charge in [-0.25, -0.2) is 4.39 Å². The molecule has 0 saturated heterocycles. The maximum Gasteiger partial charge on any atom is 0.255 e. The van der Waals surface area contributed by atoms with Crippen LogP contribution >= 0.6 is 0 Å². The maximum atomic E-state index is 13.6. The molecule has 0 heterocycles. The average molecular weight is 259 g/mol. The zero-order valence-electron chi connectivity index (χ0n) is 10.5. The lowest BCUT2D eigenvalue weighted by Gasteiger charge is -2.07. The number of hydrogen-bond donors (Lipinski definition) is 1. The number of carbonyl (C=O) groups is 1. The van der Waals surface area contributed by atoms with E-state index in [1.165, 1.54) is 18.2 Å². The van der Waals surface area contributed by atoms with Crippen molar-refractivity contribution in [3.05, 3.63) is 59.9 Å². The van der Waals surface area contributed by atoms with Gasteiger partial charge in [0.15, 0.2) is 11.6 Å². The van der Waals surface area contributed by atoms with Crippen LogP contribution in [0.25, 0.3) is 0 Å². The van der Waals surface area contributed by atoms with Crippen molar-refractivity contribution in [3.8, 4) is 5.75 Å². The molecule has 2 rings (SSSR count). The van der Waals surface area contributed by atoms with Crippen LogP contribution in [0.1, 0.15) is 17.3 Å². The minimum absolute atomic E-state index is 0.152. The lowest BCUT2D eigenvalue weighted by molar-refractivity contribution is 0.102. The Hall–Kier alpha value is -2.36. The van der Waals surface area contributed by atoms with Gasteiger partial charge in [0.05, 0.1) is 6.61 Å². The molecule has 0 fully saturated rings. The van der Waals surface area contributed by atoms with Gasteiger partial charge in [-0.05, 0) is 37.3 Å². The summed E-state index contributed by atoms with van der Waals surface area (Å²) in [6.07, 6.45) is 0. The van der Waals surface area contributed by atoms with Gasteiger partial charge in [-0.15, -0.1) is 0 Å². The largest absolute Gasteiger partial charge is 0.491 e. The van der Waals surface area contributed by atoms with Crippen molar-refractivity contribution < 1.29 is 13.9 Å². The molecule has 0 spiro atoms. The second kappa shape index (κ2) is 6.00. The number of halogens is 1. The van der Waals surface area contributed by atoms with Gasteiger partial charge in [0.25, 0.3) is 5.91 Å². The second-order valence-corrected chi connectivity index (χ2v) is 3.90. The minimum atomic E-state index is -0.539. The molecule has 0 aliphatic carbocycles. The first-order valence-corrected chi connectivity index (χ1v) is 5.99. The Morgan fingerprint density at radius 1 is 1.21 bits per heavy atom. The maximum absolute atomic E-state index is 13.6. The Morgan fingerprint density at radius 2 is 1.95 bits per heavy atom. The van der Waals surface area contributed by atoms with Crippen LogP contribution < -0.4 is 10.1 Å². The van der Waals surface area contributed by atoms with Crippen LogP contribution in [0.5, 0.6) is 5.75 Å². The predicted octanol–water partition coefficient (Wildman–Crippen LogP) is 3.48. The van der Waals surface area contributed by atoms with Gasteiger partial charge in [0, 0.05) is 11.3 Å². The summed E-state index contributed by atoms with van der Waals surface area (Å²) in [6.45, 7) is 2.15. The smallest absolute Gasteiger partial charge is 0.255 e. The number of rotatable bonds is 4. The molecule has 0 radical (unpaired) electrons. The monoisotopic (exact) mass is 259 g/mol. The van der Waals surface area contributed by atoms with Crippen LogP contribution in [0.2, 0.25) is 0 Å². The first-order valence-electron chi connectivity index (χ1n) is 5.99. The number of anilines is 1. The first-order chi connectivity index (χ1) is 9.20. The second-order valence-electron chi connectivity index (χ2n) is 3.90. The molecular weight excluding hydrogens is 245 g/mol. The Bertz CT molecular complexity index is 570. The van der Waals surface area contributed by atoms with E-state index in [0.29, 0.717) is 12.3 Å². The van der Waals surface area contributed by atoms with Crippen molar-refractivity contribution >= 4 is 11.6 Å². The van der Waals surface area contributed by atoms with Crippen molar-refractivity contribution in [2.75, 3.05) is 11.9 Å². The van der Waals surface area contributed by atoms with Crippen molar-refractivity contribution in [1.82, 2.24) is 0 Å². The SMILES string of the molecule is CCOc1ccc(C(=O)Nc2ccccc2)cc1F. The third-order valence-corrected chi connectivity index (χ3v) is 2.53. The van der Waals surface area contributed by atoms with Crippen molar-refractivity contribution in [2.45, 2.75) is 6.92 Å². The van der Waals surface area contributed by atoms with E-state index in [0.717, 1.165) is 0 Å². The van der Waals surface area contributed by atoms with E-state index in [1.54, 1.807) is 19.1 Å². The summed E-state index contributed by atoms with van der Waals surface area (Å²) < 4.78 is 18.7. The van der Waals surface area contributed by atoms with E-state index in [1.807, 2.05) is 18.2 Å². The number of para-hydroxylation sites is 1. The highest BCUT2D eigenvalue weighted by Gasteiger charge is 2.10. The number of nitrogens with one attached hydrogen (secondary N) is 1. The molecule has 2 aromatic rings. The number of hydrogen-bond acceptors (Lipinski definition) is 2. The highest BCUT2D eigenvalue weighted by Crippen LogP contribution is 2.19. The molecule has 4 heteroatoms. The van der Waals surface area contributed by atoms with Crippen LogP contribution in [0, 0.1) is 5.82 Å². The van der Waals surface area contributed by atoms with Gasteiger partial charge >= 0.3 is 0 Å². The molecule has 0 aliphatic rings. The Kier molecular flexibility index (Phi) is 4.13. The van der Waals surface area contributed by atoms with Crippen molar-refractivity contribution in [2.24, 2.45) is 0 Å². The highest BCUT2D eigenvalue weighted by atomic mass is 19.1. The summed E-state index contributed by atoms with van der Waals surface area (Å²) in [5.74, 6) is -0.741. The van der Waals surface area contributed by atoms with Gasteiger partial charge < -0.3 is 10.1 Å². The molecule has 1 amide bonds. The predicted molar refractivity (Wildman–Crippen MR) is 72.0 cm³/mol. The van der Waals surface area contributed by atoms with E-state index in [4.69, 9.17) is 4.74 Å². The molecule has 0 bridgehead atoms. The first kappa shape index (κ1) is 13.1. The third kappa shape index (κ3) is 3.31. The van der Waals surface area contributed by atoms with Crippen LogP contribution in [-0.2, 0) is 0 Å². The van der Waals surface area contributed by atoms with E-state index in [2.05, 4.69) is 5.32 Å². The Labute approximate surface area is 111 Å². The van der Waals surface area contributed by atoms with Crippen LogP contribution in [0.4, 0.5) is 10.1 Å². The Balaban J connectivity index is 2.14. The highest BCUT2D eigenvalue weighted by molar-refractivity contribution is 6.04. The quantitative estimate of drug-likeness (QED) is 0.912. The number of ether oxygens (including phenoxy) is 1. The molecular formula is C15H14FNO2. The molecule has 3 nitrogen and oxygen atoms in total. The minimum Gasteiger partial charge on any atom is -0.491 e. The van der Waals surface area contributed by atoms with E-state index in [-0.39, 0.29) is 17.2 Å². The van der Waals surface area contributed by atoms with Gasteiger partial charge in [-0.3, -0.25) is 4.79 Å². The molecule has 2 aromatic carbocycles. The average Bonchev–Trinajstić information content (AvgIpc) is 2.42. The van der Waals surface area contributed by atoms with Gasteiger partial charge in [0.2, 0.25) is 0 Å². The van der Waals surface area contributed by atoms with Crippen molar-refractivity contribution in [3.63, 3.8) is 0 Å². The summed E-state index contributed by atoms with van der Waals surface area (Å²) in [5.41, 5.74) is 0.923. The summed E-state index contributed by atoms with van der Waals surface area (Å²) in [6, 6.07) is 13.2. The van der Waals surface area contributed by atoms with Gasteiger partial charge in [-0.1, -0.05) is 18.2 Å². The summed E-state index contributed by atoms with van der Waals surface area (Å²) >= 11 is 0. The van der Waals surface area contributed by atoms with Crippen LogP contribution in [-0.4, -0.2) is 12.5 Å². The summed E-state index contributed by atoms with van der Waals surface area (Å²) in [7, 11) is 0. The normalized spacial score (nSPS) is 10.0. The summed E-state index contributed by atoms with van der Waals surface area (Å²) in [4.78, 5) is 11.9. The van der Waals surface area contributed by atoms with Crippen LogP contribution in [0.15, 0.2) is 48.5 Å². The molecule has 0 aromatic heterocycles. The number of amides is 1. The molecule has 1 N–H and O–H groups in total. The molecule has 19 heavy (non-hydrogen) atoms. The van der Waals surface area contributed by atoms with Crippen molar-refractivity contribution in [1.29, 1.82) is 0 Å². The number of benzene rings is 2. The Morgan fingerprint density at radius 3 is 2.58 bits per heavy atom. The third-order valence-electron chi connectivity index (χ3n) is 2.53. The van der Waals surface area contributed by atoms with E-state index < -0.39 is 5.82 Å². The van der Waals surface area contributed by atoms with Crippen LogP contribution in [0.3, 0.4) is 0 Å². The fourth-order valence-electron chi connectivity index (χ4n) is 1.64. The lowest BCUT2D eigenvalue weighted by Crippen LogP contribution is -2.12. The molecule has 0 saturated carbocycles. The summed E-state index contributed by atoms with van der Waals surface area (Å²) in [5, 5.41) is 2.69. The lowest BCUT2D eigenvalue weighted by atomic mass is 10.2. The van der Waals surface area contributed by atoms with Gasteiger partial charge in [0.1, 0.15) is 0 Å².